The standard InChI is InChI=1S/C16H12Cl2N2O3/c1-21-13-5-3-2-4-11(13)16-19-15(23-20-16)9-22-14-7-6-10(17)8-12(14)18/h2-8H,9H2,1H3. The maximum absolute atomic E-state index is 6.04. The molecule has 0 amide bonds. The van der Waals surface area contributed by atoms with Crippen LogP contribution in [0.5, 0.6) is 11.5 Å². The summed E-state index contributed by atoms with van der Waals surface area (Å²) in [6, 6.07) is 12.4. The van der Waals surface area contributed by atoms with Gasteiger partial charge in [0.05, 0.1) is 17.7 Å². The van der Waals surface area contributed by atoms with E-state index in [0.29, 0.717) is 33.3 Å². The zero-order valence-corrected chi connectivity index (χ0v) is 13.6. The molecule has 0 aliphatic rings. The highest BCUT2D eigenvalue weighted by molar-refractivity contribution is 6.35. The number of aromatic nitrogens is 2. The Kier molecular flexibility index (Phi) is 4.69. The second-order valence-electron chi connectivity index (χ2n) is 4.58. The third-order valence-electron chi connectivity index (χ3n) is 3.06. The summed E-state index contributed by atoms with van der Waals surface area (Å²) < 4.78 is 16.0. The van der Waals surface area contributed by atoms with Crippen LogP contribution in [-0.4, -0.2) is 17.3 Å². The third kappa shape index (κ3) is 3.57. The smallest absolute Gasteiger partial charge is 0.264 e. The van der Waals surface area contributed by atoms with Gasteiger partial charge in [-0.25, -0.2) is 0 Å². The molecule has 0 atom stereocenters. The van der Waals surface area contributed by atoms with Gasteiger partial charge in [-0.15, -0.1) is 0 Å². The van der Waals surface area contributed by atoms with Crippen molar-refractivity contribution in [3.05, 3.63) is 58.4 Å². The number of benzene rings is 2. The third-order valence-corrected chi connectivity index (χ3v) is 3.59. The zero-order valence-electron chi connectivity index (χ0n) is 12.1. The van der Waals surface area contributed by atoms with Gasteiger partial charge >= 0.3 is 0 Å². The predicted octanol–water partition coefficient (Wildman–Crippen LogP) is 4.63. The topological polar surface area (TPSA) is 57.4 Å². The molecule has 7 heteroatoms. The molecule has 0 saturated heterocycles. The molecule has 118 valence electrons. The molecule has 1 aromatic heterocycles. The molecule has 0 unspecified atom stereocenters. The first-order chi connectivity index (χ1) is 11.2. The molecule has 3 aromatic rings. The Morgan fingerprint density at radius 3 is 2.70 bits per heavy atom. The zero-order chi connectivity index (χ0) is 16.2. The molecule has 0 bridgehead atoms. The number of ether oxygens (including phenoxy) is 2. The van der Waals surface area contributed by atoms with Crippen LogP contribution in [0.25, 0.3) is 11.4 Å². The van der Waals surface area contributed by atoms with E-state index in [2.05, 4.69) is 10.1 Å². The molecule has 0 N–H and O–H groups in total. The molecule has 5 nitrogen and oxygen atoms in total. The lowest BCUT2D eigenvalue weighted by Crippen LogP contribution is -1.96. The molecule has 0 aliphatic carbocycles. The first-order valence-corrected chi connectivity index (χ1v) is 7.47. The van der Waals surface area contributed by atoms with E-state index in [4.69, 9.17) is 37.2 Å². The summed E-state index contributed by atoms with van der Waals surface area (Å²) in [6.45, 7) is 0.101. The Morgan fingerprint density at radius 2 is 1.91 bits per heavy atom. The Labute approximate surface area is 142 Å². The van der Waals surface area contributed by atoms with Gasteiger partial charge in [0.1, 0.15) is 11.5 Å². The molecular weight excluding hydrogens is 339 g/mol. The van der Waals surface area contributed by atoms with Crippen molar-refractivity contribution in [2.24, 2.45) is 0 Å². The Bertz CT molecular complexity index is 821. The van der Waals surface area contributed by atoms with Gasteiger partial charge in [-0.3, -0.25) is 0 Å². The van der Waals surface area contributed by atoms with Crippen LogP contribution < -0.4 is 9.47 Å². The van der Waals surface area contributed by atoms with Crippen LogP contribution >= 0.6 is 23.2 Å². The fourth-order valence-corrected chi connectivity index (χ4v) is 2.45. The van der Waals surface area contributed by atoms with Crippen molar-refractivity contribution < 1.29 is 14.0 Å². The first-order valence-electron chi connectivity index (χ1n) is 6.71. The van der Waals surface area contributed by atoms with E-state index in [-0.39, 0.29) is 6.61 Å². The van der Waals surface area contributed by atoms with Crippen molar-refractivity contribution in [2.45, 2.75) is 6.61 Å². The normalized spacial score (nSPS) is 10.6. The van der Waals surface area contributed by atoms with E-state index in [1.807, 2.05) is 24.3 Å². The lowest BCUT2D eigenvalue weighted by molar-refractivity contribution is 0.243. The van der Waals surface area contributed by atoms with Gasteiger partial charge in [0.25, 0.3) is 5.89 Å². The highest BCUT2D eigenvalue weighted by Crippen LogP contribution is 2.29. The van der Waals surface area contributed by atoms with Crippen molar-refractivity contribution in [1.29, 1.82) is 0 Å². The highest BCUT2D eigenvalue weighted by Gasteiger charge is 2.13. The van der Waals surface area contributed by atoms with E-state index in [0.717, 1.165) is 5.56 Å². The monoisotopic (exact) mass is 350 g/mol. The summed E-state index contributed by atoms with van der Waals surface area (Å²) in [6.07, 6.45) is 0. The molecule has 23 heavy (non-hydrogen) atoms. The lowest BCUT2D eigenvalue weighted by Gasteiger charge is -2.05. The molecule has 0 saturated carbocycles. The van der Waals surface area contributed by atoms with Crippen molar-refractivity contribution >= 4 is 23.2 Å². The van der Waals surface area contributed by atoms with Crippen molar-refractivity contribution in [3.63, 3.8) is 0 Å². The van der Waals surface area contributed by atoms with Gasteiger partial charge in [-0.2, -0.15) is 4.98 Å². The largest absolute Gasteiger partial charge is 0.496 e. The van der Waals surface area contributed by atoms with Crippen LogP contribution in [0.4, 0.5) is 0 Å². The van der Waals surface area contributed by atoms with E-state index in [1.165, 1.54) is 0 Å². The van der Waals surface area contributed by atoms with Crippen LogP contribution in [0.3, 0.4) is 0 Å². The highest BCUT2D eigenvalue weighted by atomic mass is 35.5. The molecule has 1 heterocycles. The molecule has 2 aromatic carbocycles. The fourth-order valence-electron chi connectivity index (χ4n) is 1.98. The number of para-hydroxylation sites is 1. The van der Waals surface area contributed by atoms with Gasteiger partial charge in [-0.1, -0.05) is 40.5 Å². The number of methoxy groups -OCH3 is 1. The van der Waals surface area contributed by atoms with Crippen molar-refractivity contribution in [2.75, 3.05) is 7.11 Å². The number of rotatable bonds is 5. The SMILES string of the molecule is COc1ccccc1-c1noc(COc2ccc(Cl)cc2Cl)n1. The average molecular weight is 351 g/mol. The number of hydrogen-bond donors (Lipinski definition) is 0. The van der Waals surface area contributed by atoms with Gasteiger partial charge in [-0.05, 0) is 30.3 Å². The Balaban J connectivity index is 1.75. The minimum absolute atomic E-state index is 0.101. The molecule has 0 fully saturated rings. The number of hydrogen-bond acceptors (Lipinski definition) is 5. The second kappa shape index (κ2) is 6.89. The predicted molar refractivity (Wildman–Crippen MR) is 87.1 cm³/mol. The second-order valence-corrected chi connectivity index (χ2v) is 5.42. The summed E-state index contributed by atoms with van der Waals surface area (Å²) in [5.41, 5.74) is 0.745. The average Bonchev–Trinajstić information content (AvgIpc) is 3.03. The van der Waals surface area contributed by atoms with Crippen molar-refractivity contribution in [3.8, 4) is 22.9 Å². The summed E-state index contributed by atoms with van der Waals surface area (Å²) in [4.78, 5) is 4.30. The summed E-state index contributed by atoms with van der Waals surface area (Å²) in [5, 5.41) is 4.90. The van der Waals surface area contributed by atoms with Gasteiger partial charge in [0, 0.05) is 5.02 Å². The minimum Gasteiger partial charge on any atom is -0.496 e. The van der Waals surface area contributed by atoms with Gasteiger partial charge < -0.3 is 14.0 Å². The molecular formula is C16H12Cl2N2O3. The van der Waals surface area contributed by atoms with Crippen LogP contribution in [0, 0.1) is 0 Å². The minimum atomic E-state index is 0.101. The van der Waals surface area contributed by atoms with Gasteiger partial charge in [0.15, 0.2) is 6.61 Å². The van der Waals surface area contributed by atoms with Crippen LogP contribution in [0.2, 0.25) is 10.0 Å². The Hall–Kier alpha value is -2.24. The van der Waals surface area contributed by atoms with Crippen LogP contribution in [0.15, 0.2) is 47.0 Å². The van der Waals surface area contributed by atoms with E-state index in [9.17, 15) is 0 Å². The van der Waals surface area contributed by atoms with Crippen LogP contribution in [-0.2, 0) is 6.61 Å². The number of nitrogens with zero attached hydrogens (tertiary/aromatic N) is 2. The Morgan fingerprint density at radius 1 is 1.09 bits per heavy atom. The van der Waals surface area contributed by atoms with E-state index in [1.54, 1.807) is 25.3 Å². The van der Waals surface area contributed by atoms with Crippen molar-refractivity contribution in [1.82, 2.24) is 10.1 Å². The quantitative estimate of drug-likeness (QED) is 0.671. The van der Waals surface area contributed by atoms with E-state index >= 15 is 0 Å². The maximum atomic E-state index is 6.04. The molecule has 0 radical (unpaired) electrons. The molecule has 0 spiro atoms. The van der Waals surface area contributed by atoms with Crippen LogP contribution in [0.1, 0.15) is 5.89 Å². The van der Waals surface area contributed by atoms with Gasteiger partial charge in [0.2, 0.25) is 5.82 Å². The number of halogens is 2. The fraction of sp³-hybridized carbons (Fsp3) is 0.125. The van der Waals surface area contributed by atoms with E-state index < -0.39 is 0 Å². The summed E-state index contributed by atoms with van der Waals surface area (Å²) in [7, 11) is 1.59. The molecule has 0 aliphatic heterocycles. The summed E-state index contributed by atoms with van der Waals surface area (Å²) in [5.74, 6) is 1.93. The lowest BCUT2D eigenvalue weighted by atomic mass is 10.2. The summed E-state index contributed by atoms with van der Waals surface area (Å²) >= 11 is 11.9. The molecule has 3 rings (SSSR count). The maximum Gasteiger partial charge on any atom is 0.264 e. The first kappa shape index (κ1) is 15.6.